The Morgan fingerprint density at radius 1 is 1.25 bits per heavy atom. The van der Waals surface area contributed by atoms with Crippen molar-refractivity contribution in [1.82, 2.24) is 5.32 Å². The lowest BCUT2D eigenvalue weighted by atomic mass is 10.1. The van der Waals surface area contributed by atoms with Crippen LogP contribution in [-0.2, 0) is 6.54 Å². The van der Waals surface area contributed by atoms with Crippen molar-refractivity contribution >= 4 is 11.6 Å². The molecule has 1 aromatic carbocycles. The fraction of sp³-hybridized carbons (Fsp3) is 0.625. The highest BCUT2D eigenvalue weighted by Crippen LogP contribution is 2.38. The number of hydrogen-bond donors (Lipinski definition) is 1. The first kappa shape index (κ1) is 14.0. The second kappa shape index (κ2) is 6.23. The zero-order valence-electron chi connectivity index (χ0n) is 12.0. The SMILES string of the molecule is CC1CCC(CNCc2cc(Cl)c3c(c2)OCCO3)C1. The molecule has 3 rings (SSSR count). The van der Waals surface area contributed by atoms with Crippen LogP contribution in [0.25, 0.3) is 0 Å². The van der Waals surface area contributed by atoms with Crippen LogP contribution in [0, 0.1) is 11.8 Å². The Balaban J connectivity index is 1.56. The highest BCUT2D eigenvalue weighted by atomic mass is 35.5. The molecule has 0 spiro atoms. The van der Waals surface area contributed by atoms with Gasteiger partial charge in [0, 0.05) is 6.54 Å². The fourth-order valence-corrected chi connectivity index (χ4v) is 3.49. The quantitative estimate of drug-likeness (QED) is 0.920. The van der Waals surface area contributed by atoms with Gasteiger partial charge < -0.3 is 14.8 Å². The van der Waals surface area contributed by atoms with E-state index in [0.717, 1.165) is 36.2 Å². The van der Waals surface area contributed by atoms with Gasteiger partial charge in [0.2, 0.25) is 0 Å². The maximum atomic E-state index is 6.24. The van der Waals surface area contributed by atoms with Crippen LogP contribution in [0.3, 0.4) is 0 Å². The summed E-state index contributed by atoms with van der Waals surface area (Å²) in [6.07, 6.45) is 4.09. The van der Waals surface area contributed by atoms with E-state index in [9.17, 15) is 0 Å². The first-order valence-electron chi connectivity index (χ1n) is 7.51. The Labute approximate surface area is 125 Å². The third-order valence-electron chi connectivity index (χ3n) is 4.22. The van der Waals surface area contributed by atoms with Gasteiger partial charge in [-0.1, -0.05) is 24.9 Å². The summed E-state index contributed by atoms with van der Waals surface area (Å²) in [6, 6.07) is 4.00. The zero-order valence-corrected chi connectivity index (χ0v) is 12.7. The Morgan fingerprint density at radius 2 is 2.10 bits per heavy atom. The van der Waals surface area contributed by atoms with Crippen LogP contribution in [0.4, 0.5) is 0 Å². The molecule has 1 heterocycles. The molecule has 1 aliphatic heterocycles. The van der Waals surface area contributed by atoms with Crippen LogP contribution in [-0.4, -0.2) is 19.8 Å². The van der Waals surface area contributed by atoms with E-state index >= 15 is 0 Å². The lowest BCUT2D eigenvalue weighted by molar-refractivity contribution is 0.171. The van der Waals surface area contributed by atoms with Gasteiger partial charge >= 0.3 is 0 Å². The van der Waals surface area contributed by atoms with E-state index in [0.29, 0.717) is 24.0 Å². The molecule has 0 aromatic heterocycles. The number of ether oxygens (including phenoxy) is 2. The van der Waals surface area contributed by atoms with Crippen molar-refractivity contribution in [2.75, 3.05) is 19.8 Å². The summed E-state index contributed by atoms with van der Waals surface area (Å²) < 4.78 is 11.1. The van der Waals surface area contributed by atoms with Crippen molar-refractivity contribution in [1.29, 1.82) is 0 Å². The van der Waals surface area contributed by atoms with Crippen LogP contribution < -0.4 is 14.8 Å². The number of hydrogen-bond acceptors (Lipinski definition) is 3. The van der Waals surface area contributed by atoms with E-state index < -0.39 is 0 Å². The molecule has 2 atom stereocenters. The largest absolute Gasteiger partial charge is 0.486 e. The molecule has 110 valence electrons. The normalized spacial score (nSPS) is 24.9. The zero-order chi connectivity index (χ0) is 13.9. The first-order chi connectivity index (χ1) is 9.72. The van der Waals surface area contributed by atoms with Crippen LogP contribution in [0.5, 0.6) is 11.5 Å². The average molecular weight is 296 g/mol. The monoisotopic (exact) mass is 295 g/mol. The van der Waals surface area contributed by atoms with Gasteiger partial charge in [-0.05, 0) is 48.9 Å². The summed E-state index contributed by atoms with van der Waals surface area (Å²) in [4.78, 5) is 0. The molecular formula is C16H22ClNO2. The minimum absolute atomic E-state index is 0.574. The summed E-state index contributed by atoms with van der Waals surface area (Å²) in [7, 11) is 0. The van der Waals surface area contributed by atoms with E-state index in [1.54, 1.807) is 0 Å². The number of fused-ring (bicyclic) bond motifs is 1. The maximum absolute atomic E-state index is 6.24. The molecule has 2 aliphatic rings. The predicted octanol–water partition coefficient (Wildman–Crippen LogP) is 3.64. The summed E-state index contributed by atoms with van der Waals surface area (Å²) in [5.41, 5.74) is 1.16. The Hall–Kier alpha value is -0.930. The van der Waals surface area contributed by atoms with E-state index in [-0.39, 0.29) is 0 Å². The molecule has 3 nitrogen and oxygen atoms in total. The lowest BCUT2D eigenvalue weighted by Gasteiger charge is -2.20. The number of halogens is 1. The molecule has 2 unspecified atom stereocenters. The molecule has 0 bridgehead atoms. The van der Waals surface area contributed by atoms with Crippen molar-refractivity contribution in [3.05, 3.63) is 22.7 Å². The molecule has 1 saturated carbocycles. The summed E-state index contributed by atoms with van der Waals surface area (Å²) in [5, 5.41) is 4.19. The fourth-order valence-electron chi connectivity index (χ4n) is 3.20. The molecule has 20 heavy (non-hydrogen) atoms. The number of benzene rings is 1. The molecule has 1 aliphatic carbocycles. The van der Waals surface area contributed by atoms with Crippen LogP contribution in [0.15, 0.2) is 12.1 Å². The van der Waals surface area contributed by atoms with Crippen molar-refractivity contribution in [3.63, 3.8) is 0 Å². The number of nitrogens with one attached hydrogen (secondary N) is 1. The summed E-state index contributed by atoms with van der Waals surface area (Å²) in [5.74, 6) is 3.18. The second-order valence-corrected chi connectivity index (χ2v) is 6.42. The second-order valence-electron chi connectivity index (χ2n) is 6.02. The van der Waals surface area contributed by atoms with Gasteiger partial charge in [-0.2, -0.15) is 0 Å². The minimum atomic E-state index is 0.574. The highest BCUT2D eigenvalue weighted by molar-refractivity contribution is 6.32. The molecule has 0 amide bonds. The van der Waals surface area contributed by atoms with Gasteiger partial charge in [-0.15, -0.1) is 0 Å². The predicted molar refractivity (Wildman–Crippen MR) is 80.7 cm³/mol. The maximum Gasteiger partial charge on any atom is 0.179 e. The molecular weight excluding hydrogens is 274 g/mol. The Morgan fingerprint density at radius 3 is 2.90 bits per heavy atom. The van der Waals surface area contributed by atoms with Gasteiger partial charge in [0.05, 0.1) is 5.02 Å². The van der Waals surface area contributed by atoms with Crippen molar-refractivity contribution in [3.8, 4) is 11.5 Å². The molecule has 1 N–H and O–H groups in total. The van der Waals surface area contributed by atoms with Crippen molar-refractivity contribution < 1.29 is 9.47 Å². The van der Waals surface area contributed by atoms with Crippen molar-refractivity contribution in [2.45, 2.75) is 32.7 Å². The molecule has 1 aromatic rings. The standard InChI is InChI=1S/C16H22ClNO2/c1-11-2-3-12(6-11)9-18-10-13-7-14(17)16-15(8-13)19-4-5-20-16/h7-8,11-12,18H,2-6,9-10H2,1H3. The average Bonchev–Trinajstić information content (AvgIpc) is 2.85. The third kappa shape index (κ3) is 3.21. The topological polar surface area (TPSA) is 30.5 Å². The van der Waals surface area contributed by atoms with E-state index in [2.05, 4.69) is 12.2 Å². The molecule has 1 fully saturated rings. The Bertz CT molecular complexity index is 478. The smallest absolute Gasteiger partial charge is 0.179 e. The van der Waals surface area contributed by atoms with Crippen LogP contribution in [0.2, 0.25) is 5.02 Å². The molecule has 4 heteroatoms. The van der Waals surface area contributed by atoms with E-state index in [1.165, 1.54) is 19.3 Å². The van der Waals surface area contributed by atoms with Gasteiger partial charge in [0.25, 0.3) is 0 Å². The molecule has 0 saturated heterocycles. The van der Waals surface area contributed by atoms with Crippen LogP contribution in [0.1, 0.15) is 31.7 Å². The third-order valence-corrected chi connectivity index (χ3v) is 4.50. The van der Waals surface area contributed by atoms with Gasteiger partial charge in [0.15, 0.2) is 11.5 Å². The first-order valence-corrected chi connectivity index (χ1v) is 7.89. The summed E-state index contributed by atoms with van der Waals surface area (Å²) in [6.45, 7) is 5.45. The highest BCUT2D eigenvalue weighted by Gasteiger charge is 2.21. The van der Waals surface area contributed by atoms with E-state index in [1.807, 2.05) is 12.1 Å². The van der Waals surface area contributed by atoms with Crippen LogP contribution >= 0.6 is 11.6 Å². The summed E-state index contributed by atoms with van der Waals surface area (Å²) >= 11 is 6.24. The van der Waals surface area contributed by atoms with Gasteiger partial charge in [-0.3, -0.25) is 0 Å². The van der Waals surface area contributed by atoms with Gasteiger partial charge in [0.1, 0.15) is 13.2 Å². The lowest BCUT2D eigenvalue weighted by Crippen LogP contribution is -2.21. The Kier molecular flexibility index (Phi) is 4.37. The van der Waals surface area contributed by atoms with Gasteiger partial charge in [-0.25, -0.2) is 0 Å². The van der Waals surface area contributed by atoms with Crippen molar-refractivity contribution in [2.24, 2.45) is 11.8 Å². The molecule has 0 radical (unpaired) electrons. The van der Waals surface area contributed by atoms with E-state index in [4.69, 9.17) is 21.1 Å². The number of rotatable bonds is 4. The minimum Gasteiger partial charge on any atom is -0.486 e.